The molecule has 100 valence electrons. The lowest BCUT2D eigenvalue weighted by Gasteiger charge is -2.07. The summed E-state index contributed by atoms with van der Waals surface area (Å²) in [7, 11) is 0. The number of nitrogens with zero attached hydrogens (tertiary/aromatic N) is 3. The van der Waals surface area contributed by atoms with E-state index in [2.05, 4.69) is 10.1 Å². The Labute approximate surface area is 111 Å². The first-order valence-corrected chi connectivity index (χ1v) is 6.05. The summed E-state index contributed by atoms with van der Waals surface area (Å²) in [6, 6.07) is 3.61. The number of hydrogen-bond donors (Lipinski definition) is 1. The van der Waals surface area contributed by atoms with E-state index in [9.17, 15) is 4.79 Å². The van der Waals surface area contributed by atoms with Gasteiger partial charge in [0.1, 0.15) is 0 Å². The van der Waals surface area contributed by atoms with Crippen molar-refractivity contribution < 1.29 is 9.53 Å². The van der Waals surface area contributed by atoms with Gasteiger partial charge in [-0.3, -0.25) is 0 Å². The SMILES string of the molecule is CCOC(=O)c1cnn(-c2cc([C@@H](C)N)ccn2)c1. The third kappa shape index (κ3) is 2.97. The molecule has 0 aliphatic rings. The molecule has 2 aromatic rings. The van der Waals surface area contributed by atoms with Crippen molar-refractivity contribution in [2.75, 3.05) is 6.61 Å². The number of nitrogens with two attached hydrogens (primary N) is 1. The highest BCUT2D eigenvalue weighted by Crippen LogP contribution is 2.13. The summed E-state index contributed by atoms with van der Waals surface area (Å²) in [5.41, 5.74) is 7.18. The van der Waals surface area contributed by atoms with Crippen LogP contribution in [-0.2, 0) is 4.74 Å². The Morgan fingerprint density at radius 2 is 2.37 bits per heavy atom. The van der Waals surface area contributed by atoms with Crippen molar-refractivity contribution >= 4 is 5.97 Å². The molecule has 0 aliphatic heterocycles. The highest BCUT2D eigenvalue weighted by Gasteiger charge is 2.11. The standard InChI is InChI=1S/C13H16N4O2/c1-3-19-13(18)11-7-16-17(8-11)12-6-10(9(2)14)4-5-15-12/h4-9H,3,14H2,1-2H3/t9-/m1/s1. The molecule has 2 N–H and O–H groups in total. The third-order valence-electron chi connectivity index (χ3n) is 2.62. The minimum absolute atomic E-state index is 0.0816. The molecule has 2 heterocycles. The lowest BCUT2D eigenvalue weighted by Crippen LogP contribution is -2.07. The van der Waals surface area contributed by atoms with Gasteiger partial charge in [-0.05, 0) is 31.5 Å². The van der Waals surface area contributed by atoms with Crippen LogP contribution in [0.15, 0.2) is 30.7 Å². The molecule has 6 heteroatoms. The zero-order valence-corrected chi connectivity index (χ0v) is 10.9. The predicted molar refractivity (Wildman–Crippen MR) is 69.9 cm³/mol. The number of carbonyl (C=O) groups is 1. The summed E-state index contributed by atoms with van der Waals surface area (Å²) < 4.78 is 6.43. The molecule has 0 bridgehead atoms. The Bertz CT molecular complexity index is 578. The molecule has 0 amide bonds. The molecule has 0 unspecified atom stereocenters. The van der Waals surface area contributed by atoms with Crippen molar-refractivity contribution in [2.45, 2.75) is 19.9 Å². The maximum absolute atomic E-state index is 11.5. The van der Waals surface area contributed by atoms with Crippen molar-refractivity contribution in [3.8, 4) is 5.82 Å². The van der Waals surface area contributed by atoms with Gasteiger partial charge < -0.3 is 10.5 Å². The Morgan fingerprint density at radius 3 is 3.05 bits per heavy atom. The van der Waals surface area contributed by atoms with Crippen LogP contribution in [0.5, 0.6) is 0 Å². The smallest absolute Gasteiger partial charge is 0.341 e. The van der Waals surface area contributed by atoms with Gasteiger partial charge in [-0.25, -0.2) is 14.5 Å². The molecule has 0 spiro atoms. The van der Waals surface area contributed by atoms with Gasteiger partial charge in [-0.2, -0.15) is 5.10 Å². The number of pyridine rings is 1. The van der Waals surface area contributed by atoms with E-state index in [1.165, 1.54) is 10.9 Å². The van der Waals surface area contributed by atoms with Gasteiger partial charge in [-0.1, -0.05) is 0 Å². The minimum Gasteiger partial charge on any atom is -0.462 e. The van der Waals surface area contributed by atoms with Crippen LogP contribution in [0, 0.1) is 0 Å². The first-order valence-electron chi connectivity index (χ1n) is 6.05. The van der Waals surface area contributed by atoms with E-state index in [0.717, 1.165) is 5.56 Å². The second-order valence-electron chi connectivity index (χ2n) is 4.13. The number of esters is 1. The summed E-state index contributed by atoms with van der Waals surface area (Å²) >= 11 is 0. The first-order chi connectivity index (χ1) is 9.11. The van der Waals surface area contributed by atoms with Gasteiger partial charge in [0.25, 0.3) is 0 Å². The number of ether oxygens (including phenoxy) is 1. The molecule has 2 rings (SSSR count). The zero-order valence-electron chi connectivity index (χ0n) is 10.9. The molecule has 6 nitrogen and oxygen atoms in total. The maximum Gasteiger partial charge on any atom is 0.341 e. The van der Waals surface area contributed by atoms with Gasteiger partial charge in [0, 0.05) is 18.4 Å². The number of hydrogen-bond acceptors (Lipinski definition) is 5. The molecular formula is C13H16N4O2. The van der Waals surface area contributed by atoms with E-state index in [-0.39, 0.29) is 6.04 Å². The molecule has 0 radical (unpaired) electrons. The predicted octanol–water partition coefficient (Wildman–Crippen LogP) is 1.46. The van der Waals surface area contributed by atoms with Crippen molar-refractivity contribution in [3.05, 3.63) is 41.9 Å². The van der Waals surface area contributed by atoms with E-state index < -0.39 is 5.97 Å². The fourth-order valence-corrected chi connectivity index (χ4v) is 1.61. The number of aromatic nitrogens is 3. The van der Waals surface area contributed by atoms with Crippen LogP contribution in [0.25, 0.3) is 5.82 Å². The average molecular weight is 260 g/mol. The molecule has 19 heavy (non-hydrogen) atoms. The third-order valence-corrected chi connectivity index (χ3v) is 2.62. The quantitative estimate of drug-likeness (QED) is 0.841. The summed E-state index contributed by atoms with van der Waals surface area (Å²) in [6.07, 6.45) is 4.71. The highest BCUT2D eigenvalue weighted by molar-refractivity contribution is 5.88. The number of carbonyl (C=O) groups excluding carboxylic acids is 1. The maximum atomic E-state index is 11.5. The van der Waals surface area contributed by atoms with Crippen LogP contribution in [-0.4, -0.2) is 27.3 Å². The fraction of sp³-hybridized carbons (Fsp3) is 0.308. The van der Waals surface area contributed by atoms with Crippen LogP contribution < -0.4 is 5.73 Å². The average Bonchev–Trinajstić information content (AvgIpc) is 2.89. The Kier molecular flexibility index (Phi) is 3.91. The molecule has 0 aliphatic carbocycles. The lowest BCUT2D eigenvalue weighted by atomic mass is 10.1. The van der Waals surface area contributed by atoms with E-state index in [4.69, 9.17) is 10.5 Å². The van der Waals surface area contributed by atoms with Gasteiger partial charge in [0.15, 0.2) is 5.82 Å². The molecule has 0 aromatic carbocycles. The Hall–Kier alpha value is -2.21. The molecule has 1 atom stereocenters. The monoisotopic (exact) mass is 260 g/mol. The van der Waals surface area contributed by atoms with Crippen molar-refractivity contribution in [1.82, 2.24) is 14.8 Å². The molecule has 0 saturated carbocycles. The largest absolute Gasteiger partial charge is 0.462 e. The van der Waals surface area contributed by atoms with Gasteiger partial charge in [0.2, 0.25) is 0 Å². The van der Waals surface area contributed by atoms with Crippen LogP contribution in [0.2, 0.25) is 0 Å². The zero-order chi connectivity index (χ0) is 13.8. The van der Waals surface area contributed by atoms with Gasteiger partial charge >= 0.3 is 5.97 Å². The highest BCUT2D eigenvalue weighted by atomic mass is 16.5. The van der Waals surface area contributed by atoms with E-state index >= 15 is 0 Å². The second-order valence-corrected chi connectivity index (χ2v) is 4.13. The van der Waals surface area contributed by atoms with Gasteiger partial charge in [0.05, 0.1) is 18.4 Å². The first kappa shape index (κ1) is 13.2. The van der Waals surface area contributed by atoms with Gasteiger partial charge in [-0.15, -0.1) is 0 Å². The van der Waals surface area contributed by atoms with E-state index in [1.807, 2.05) is 19.1 Å². The Morgan fingerprint density at radius 1 is 1.58 bits per heavy atom. The van der Waals surface area contributed by atoms with Crippen LogP contribution in [0.1, 0.15) is 35.8 Å². The van der Waals surface area contributed by atoms with Crippen molar-refractivity contribution in [3.63, 3.8) is 0 Å². The summed E-state index contributed by atoms with van der Waals surface area (Å²) in [4.78, 5) is 15.8. The van der Waals surface area contributed by atoms with Crippen LogP contribution in [0.3, 0.4) is 0 Å². The topological polar surface area (TPSA) is 83.0 Å². The van der Waals surface area contributed by atoms with Crippen LogP contribution >= 0.6 is 0 Å². The van der Waals surface area contributed by atoms with Crippen molar-refractivity contribution in [1.29, 1.82) is 0 Å². The van der Waals surface area contributed by atoms with Crippen LogP contribution in [0.4, 0.5) is 0 Å². The van der Waals surface area contributed by atoms with E-state index in [1.54, 1.807) is 19.3 Å². The lowest BCUT2D eigenvalue weighted by molar-refractivity contribution is 0.0526. The molecular weight excluding hydrogens is 244 g/mol. The Balaban J connectivity index is 2.27. The summed E-state index contributed by atoms with van der Waals surface area (Å²) in [5.74, 6) is 0.224. The normalized spacial score (nSPS) is 12.2. The van der Waals surface area contributed by atoms with E-state index in [0.29, 0.717) is 18.0 Å². The second kappa shape index (κ2) is 5.62. The van der Waals surface area contributed by atoms with Crippen molar-refractivity contribution in [2.24, 2.45) is 5.73 Å². The summed E-state index contributed by atoms with van der Waals surface area (Å²) in [5, 5.41) is 4.10. The fourth-order valence-electron chi connectivity index (χ4n) is 1.61. The number of rotatable bonds is 4. The minimum atomic E-state index is -0.392. The molecule has 0 saturated heterocycles. The molecule has 2 aromatic heterocycles. The summed E-state index contributed by atoms with van der Waals surface area (Å²) in [6.45, 7) is 3.99. The molecule has 0 fully saturated rings.